The van der Waals surface area contributed by atoms with Gasteiger partial charge in [-0.05, 0) is 51.7 Å². The van der Waals surface area contributed by atoms with Crippen LogP contribution in [-0.2, 0) is 66.6 Å². The lowest BCUT2D eigenvalue weighted by molar-refractivity contribution is -0.369. The molecule has 0 aliphatic carbocycles. The first-order chi connectivity index (χ1) is 28.3. The lowest BCUT2D eigenvalue weighted by Crippen LogP contribution is -2.65. The monoisotopic (exact) mass is 830 g/mol. The molecule has 3 aliphatic heterocycles. The molecule has 11 atom stereocenters. The molecule has 3 heterocycles. The number of aliphatic hydroxyl groups is 2. The number of benzene rings is 1. The molecule has 3 aliphatic rings. The number of carbonyl (C=O) groups is 5. The number of ether oxygens (including phenoxy) is 9. The molecule has 0 saturated carbocycles. The molecule has 59 heavy (non-hydrogen) atoms. The number of rotatable bonds is 10. The molecule has 2 fully saturated rings. The van der Waals surface area contributed by atoms with Gasteiger partial charge < -0.3 is 52.8 Å². The predicted molar refractivity (Wildman–Crippen MR) is 209 cm³/mol. The van der Waals surface area contributed by atoms with E-state index in [-0.39, 0.29) is 25.0 Å². The van der Waals surface area contributed by atoms with Crippen LogP contribution in [0.25, 0.3) is 6.08 Å². The van der Waals surface area contributed by atoms with E-state index in [2.05, 4.69) is 6.92 Å². The van der Waals surface area contributed by atoms with Crippen LogP contribution in [-0.4, -0.2) is 121 Å². The summed E-state index contributed by atoms with van der Waals surface area (Å²) in [4.78, 5) is 64.1. The van der Waals surface area contributed by atoms with Crippen LogP contribution in [0, 0.1) is 0 Å². The van der Waals surface area contributed by atoms with Gasteiger partial charge in [0.15, 0.2) is 30.9 Å². The second-order valence-corrected chi connectivity index (χ2v) is 14.5. The van der Waals surface area contributed by atoms with E-state index in [0.29, 0.717) is 24.8 Å². The van der Waals surface area contributed by atoms with E-state index in [1.54, 1.807) is 44.2 Å². The zero-order valence-electron chi connectivity index (χ0n) is 34.3. The maximum absolute atomic E-state index is 13.3. The Balaban J connectivity index is 1.76. The van der Waals surface area contributed by atoms with Crippen LogP contribution in [0.4, 0.5) is 0 Å². The number of hydrogen-bond acceptors (Lipinski definition) is 16. The minimum atomic E-state index is -1.90. The van der Waals surface area contributed by atoms with Gasteiger partial charge in [0.25, 0.3) is 0 Å². The number of allylic oxidation sites excluding steroid dienone is 1. The SMILES string of the molecule is C/C=C(\C)C(=O)O[C@@H]1[C@@H](O)[C@@H]2O[C@H]3[C@H](O[C@@H](CCCCC)C/C=C/CCOC(=O)CCC(=O)OC[C@@H](O2)[C@H]1OC(=O)/C=C/c1ccccc1)O[C@H](C)[C@H](OC(C)=O)[C@@H]3O. The van der Waals surface area contributed by atoms with Gasteiger partial charge in [-0.25, -0.2) is 9.59 Å². The molecule has 0 radical (unpaired) electrons. The Bertz CT molecular complexity index is 1620. The topological polar surface area (TPSA) is 209 Å². The van der Waals surface area contributed by atoms with Crippen LogP contribution in [0.5, 0.6) is 0 Å². The summed E-state index contributed by atoms with van der Waals surface area (Å²) in [5.74, 6) is -3.92. The molecule has 2 N–H and O–H groups in total. The first-order valence-electron chi connectivity index (χ1n) is 20.2. The van der Waals surface area contributed by atoms with Crippen LogP contribution < -0.4 is 0 Å². The second kappa shape index (κ2) is 24.0. The number of hydrogen-bond donors (Lipinski definition) is 2. The Morgan fingerprint density at radius 3 is 2.25 bits per heavy atom. The minimum Gasteiger partial charge on any atom is -0.465 e. The third kappa shape index (κ3) is 14.7. The third-order valence-corrected chi connectivity index (χ3v) is 9.93. The molecule has 0 unspecified atom stereocenters. The lowest BCUT2D eigenvalue weighted by Gasteiger charge is -2.47. The van der Waals surface area contributed by atoms with E-state index in [0.717, 1.165) is 25.3 Å². The maximum atomic E-state index is 13.3. The molecular weight excluding hydrogens is 772 g/mol. The molecule has 1 aromatic rings. The first kappa shape index (κ1) is 47.2. The minimum absolute atomic E-state index is 0.0762. The highest BCUT2D eigenvalue weighted by atomic mass is 16.8. The normalized spacial score (nSPS) is 32.1. The van der Waals surface area contributed by atoms with Gasteiger partial charge in [-0.15, -0.1) is 0 Å². The molecule has 326 valence electrons. The molecule has 0 spiro atoms. The van der Waals surface area contributed by atoms with Gasteiger partial charge in [0.05, 0.1) is 31.7 Å². The van der Waals surface area contributed by atoms with Crippen molar-refractivity contribution in [1.29, 1.82) is 0 Å². The molecular formula is C43H58O16. The summed E-state index contributed by atoms with van der Waals surface area (Å²) in [7, 11) is 0. The standard InChI is InChI=1S/C43H58O16/c1-6-8-11-18-30-19-14-10-15-24-51-32(45)22-23-33(46)52-25-31-38(57-34(47)21-20-29-16-12-9-13-17-29)39(58-41(50)26(3)7-2)36(49)42(56-31)59-40-35(48)37(54-28(5)44)27(4)53-43(40)55-30/h7,9-10,12-14,16-17,20-21,27,30-31,35-40,42-43,48-49H,6,8,11,15,18-19,22-25H2,1-5H3/b14-10+,21-20+,26-7+/t27-,30+,31-,35+,36-,37+,38-,39-,40-,42+,43+/m1/s1. The fourth-order valence-electron chi connectivity index (χ4n) is 6.60. The molecule has 0 amide bonds. The largest absolute Gasteiger partial charge is 0.465 e. The summed E-state index contributed by atoms with van der Waals surface area (Å²) < 4.78 is 53.0. The van der Waals surface area contributed by atoms with Crippen molar-refractivity contribution >= 4 is 35.9 Å². The van der Waals surface area contributed by atoms with Gasteiger partial charge in [0.2, 0.25) is 0 Å². The van der Waals surface area contributed by atoms with Crippen molar-refractivity contribution in [3.05, 3.63) is 65.8 Å². The van der Waals surface area contributed by atoms with Crippen molar-refractivity contribution in [2.45, 2.75) is 154 Å². The van der Waals surface area contributed by atoms with Crippen molar-refractivity contribution in [2.24, 2.45) is 0 Å². The van der Waals surface area contributed by atoms with Gasteiger partial charge in [0.1, 0.15) is 31.0 Å². The molecule has 2 saturated heterocycles. The average Bonchev–Trinajstić information content (AvgIpc) is 3.21. The van der Waals surface area contributed by atoms with Gasteiger partial charge in [-0.3, -0.25) is 14.4 Å². The predicted octanol–water partition coefficient (Wildman–Crippen LogP) is 4.18. The van der Waals surface area contributed by atoms with Crippen molar-refractivity contribution < 1.29 is 76.8 Å². The Labute approximate surface area is 344 Å². The van der Waals surface area contributed by atoms with Crippen LogP contribution >= 0.6 is 0 Å². The van der Waals surface area contributed by atoms with Gasteiger partial charge >= 0.3 is 29.8 Å². The Kier molecular flexibility index (Phi) is 19.2. The molecule has 16 heteroatoms. The lowest BCUT2D eigenvalue weighted by atomic mass is 9.96. The zero-order valence-corrected chi connectivity index (χ0v) is 34.3. The van der Waals surface area contributed by atoms with Crippen molar-refractivity contribution in [3.8, 4) is 0 Å². The van der Waals surface area contributed by atoms with Gasteiger partial charge in [-0.1, -0.05) is 74.7 Å². The summed E-state index contributed by atoms with van der Waals surface area (Å²) in [6.45, 7) is 7.38. The van der Waals surface area contributed by atoms with E-state index in [4.69, 9.17) is 42.6 Å². The number of fused-ring (bicyclic) bond motifs is 3. The zero-order chi connectivity index (χ0) is 42.9. The first-order valence-corrected chi connectivity index (χ1v) is 20.2. The van der Waals surface area contributed by atoms with Crippen molar-refractivity contribution in [1.82, 2.24) is 0 Å². The molecule has 0 aromatic heterocycles. The van der Waals surface area contributed by atoms with Crippen molar-refractivity contribution in [3.63, 3.8) is 0 Å². The summed E-state index contributed by atoms with van der Waals surface area (Å²) in [5, 5.41) is 23.7. The smallest absolute Gasteiger partial charge is 0.333 e. The number of aliphatic hydroxyl groups excluding tert-OH is 2. The summed E-state index contributed by atoms with van der Waals surface area (Å²) in [5.41, 5.74) is 0.832. The molecule has 4 rings (SSSR count). The Hall–Kier alpha value is -4.45. The molecule has 1 aromatic carbocycles. The Morgan fingerprint density at radius 2 is 1.56 bits per heavy atom. The van der Waals surface area contributed by atoms with E-state index in [1.165, 1.54) is 26.0 Å². The van der Waals surface area contributed by atoms with Crippen LogP contribution in [0.1, 0.15) is 91.5 Å². The fraction of sp³-hybridized carbons (Fsp3) is 0.605. The van der Waals surface area contributed by atoms with Crippen molar-refractivity contribution in [2.75, 3.05) is 13.2 Å². The summed E-state index contributed by atoms with van der Waals surface area (Å²) >= 11 is 0. The number of carbonyl (C=O) groups excluding carboxylic acids is 5. The van der Waals surface area contributed by atoms with E-state index >= 15 is 0 Å². The Morgan fingerprint density at radius 1 is 0.831 bits per heavy atom. The highest BCUT2D eigenvalue weighted by Gasteiger charge is 2.55. The second-order valence-electron chi connectivity index (χ2n) is 14.5. The number of unbranched alkanes of at least 4 members (excludes halogenated alkanes) is 2. The average molecular weight is 831 g/mol. The fourth-order valence-corrected chi connectivity index (χ4v) is 6.60. The number of cyclic esters (lactones) is 2. The highest BCUT2D eigenvalue weighted by molar-refractivity contribution is 5.88. The van der Waals surface area contributed by atoms with Crippen LogP contribution in [0.15, 0.2) is 60.2 Å². The molecule has 16 nitrogen and oxygen atoms in total. The van der Waals surface area contributed by atoms with Gasteiger partial charge in [-0.2, -0.15) is 0 Å². The third-order valence-electron chi connectivity index (χ3n) is 9.93. The molecule has 2 bridgehead atoms. The summed E-state index contributed by atoms with van der Waals surface area (Å²) in [6, 6.07) is 8.87. The van der Waals surface area contributed by atoms with Crippen LogP contribution in [0.2, 0.25) is 0 Å². The number of esters is 5. The van der Waals surface area contributed by atoms with E-state index in [1.807, 2.05) is 12.2 Å². The van der Waals surface area contributed by atoms with E-state index < -0.39 is 104 Å². The summed E-state index contributed by atoms with van der Waals surface area (Å²) in [6.07, 6.45) is -4.11. The van der Waals surface area contributed by atoms with Gasteiger partial charge in [0, 0.05) is 18.6 Å². The quantitative estimate of drug-likeness (QED) is 0.111. The van der Waals surface area contributed by atoms with Crippen LogP contribution in [0.3, 0.4) is 0 Å². The highest BCUT2D eigenvalue weighted by Crippen LogP contribution is 2.34. The van der Waals surface area contributed by atoms with E-state index in [9.17, 15) is 34.2 Å². The maximum Gasteiger partial charge on any atom is 0.333 e.